The van der Waals surface area contributed by atoms with Gasteiger partial charge >= 0.3 is 6.03 Å². The number of fused-ring (bicyclic) bond motifs is 1. The van der Waals surface area contributed by atoms with E-state index in [0.717, 1.165) is 50.7 Å². The first kappa shape index (κ1) is 34.3. The van der Waals surface area contributed by atoms with E-state index in [4.69, 9.17) is 5.73 Å². The number of hydrogen-bond acceptors (Lipinski definition) is 6. The van der Waals surface area contributed by atoms with Crippen molar-refractivity contribution >= 4 is 41.3 Å². The summed E-state index contributed by atoms with van der Waals surface area (Å²) in [5.74, 6) is -1.57. The van der Waals surface area contributed by atoms with Crippen LogP contribution in [0.15, 0.2) is 30.3 Å². The highest BCUT2D eigenvalue weighted by atomic mass is 32.2. The average Bonchev–Trinajstić information content (AvgIpc) is 3.85. The Labute approximate surface area is 277 Å². The zero-order valence-electron chi connectivity index (χ0n) is 27.9. The summed E-state index contributed by atoms with van der Waals surface area (Å²) in [6.45, 7) is 10.3. The summed E-state index contributed by atoms with van der Waals surface area (Å²) in [6, 6.07) is 7.11. The van der Waals surface area contributed by atoms with E-state index in [9.17, 15) is 24.0 Å². The molecule has 0 bridgehead atoms. The molecule has 1 aromatic rings. The molecule has 4 fully saturated rings. The second-order valence-corrected chi connectivity index (χ2v) is 16.9. The molecule has 2 unspecified atom stereocenters. The van der Waals surface area contributed by atoms with Crippen molar-refractivity contribution in [3.8, 4) is 0 Å². The minimum absolute atomic E-state index is 0.0870. The van der Waals surface area contributed by atoms with Gasteiger partial charge < -0.3 is 26.6 Å². The van der Waals surface area contributed by atoms with Crippen molar-refractivity contribution in [2.75, 3.05) is 6.54 Å². The Morgan fingerprint density at radius 1 is 1.00 bits per heavy atom. The summed E-state index contributed by atoms with van der Waals surface area (Å²) in [7, 11) is 0. The van der Waals surface area contributed by atoms with E-state index in [0.29, 0.717) is 13.0 Å². The number of nitrogens with two attached hydrogens (primary N) is 1. The van der Waals surface area contributed by atoms with Crippen molar-refractivity contribution in [1.29, 1.82) is 0 Å². The van der Waals surface area contributed by atoms with Crippen molar-refractivity contribution in [3.05, 3.63) is 35.9 Å². The largest absolute Gasteiger partial charge is 0.363 e. The van der Waals surface area contributed by atoms with Crippen LogP contribution in [0.4, 0.5) is 4.79 Å². The van der Waals surface area contributed by atoms with Crippen molar-refractivity contribution < 1.29 is 24.0 Å². The average molecular weight is 654 g/mol. The van der Waals surface area contributed by atoms with E-state index < -0.39 is 52.0 Å². The maximum absolute atomic E-state index is 14.4. The van der Waals surface area contributed by atoms with Crippen LogP contribution in [-0.4, -0.2) is 64.0 Å². The van der Waals surface area contributed by atoms with Gasteiger partial charge in [0.15, 0.2) is 0 Å². The SMILES string of the molecule is CC(C)(C)[C@H](NC(=O)NC1(SCc2ccccc2)CCCCC1)C(=O)N1CC2[C@@H]([C@H]1C(=O)NC(CC1CC1)C(=O)C(N)=O)C2(C)C. The number of nitrogens with one attached hydrogen (secondary N) is 3. The van der Waals surface area contributed by atoms with Gasteiger partial charge in [0.1, 0.15) is 12.1 Å². The molecule has 252 valence electrons. The van der Waals surface area contributed by atoms with Crippen LogP contribution in [0.5, 0.6) is 0 Å². The molecule has 1 aliphatic heterocycles. The molecule has 3 aliphatic carbocycles. The van der Waals surface area contributed by atoms with Crippen LogP contribution in [0.2, 0.25) is 0 Å². The smallest absolute Gasteiger partial charge is 0.316 e. The Morgan fingerprint density at radius 3 is 2.24 bits per heavy atom. The second-order valence-electron chi connectivity index (χ2n) is 15.6. The first-order chi connectivity index (χ1) is 21.6. The first-order valence-corrected chi connectivity index (χ1v) is 17.8. The molecule has 5 rings (SSSR count). The van der Waals surface area contributed by atoms with E-state index in [-0.39, 0.29) is 29.1 Å². The lowest BCUT2D eigenvalue weighted by Gasteiger charge is -2.40. The quantitative estimate of drug-likeness (QED) is 0.197. The van der Waals surface area contributed by atoms with Crippen LogP contribution in [0.3, 0.4) is 0 Å². The summed E-state index contributed by atoms with van der Waals surface area (Å²) >= 11 is 1.74. The van der Waals surface area contributed by atoms with Crippen molar-refractivity contribution in [1.82, 2.24) is 20.9 Å². The third kappa shape index (κ3) is 7.55. The lowest BCUT2D eigenvalue weighted by Crippen LogP contribution is -2.62. The van der Waals surface area contributed by atoms with E-state index in [1.807, 2.05) is 39.0 Å². The number of thioether (sulfide) groups is 1. The molecule has 11 heteroatoms. The highest BCUT2D eigenvalue weighted by Crippen LogP contribution is 2.65. The fourth-order valence-corrected chi connectivity index (χ4v) is 8.95. The second kappa shape index (κ2) is 13.2. The first-order valence-electron chi connectivity index (χ1n) is 16.8. The number of hydrogen-bond donors (Lipinski definition) is 4. The summed E-state index contributed by atoms with van der Waals surface area (Å²) in [5, 5.41) is 9.10. The molecule has 0 aromatic heterocycles. The number of likely N-dealkylation sites (tertiary alicyclic amines) is 1. The number of amides is 5. The fraction of sp³-hybridized carbons (Fsp3) is 0.686. The van der Waals surface area contributed by atoms with Gasteiger partial charge in [-0.25, -0.2) is 4.79 Å². The summed E-state index contributed by atoms with van der Waals surface area (Å²) in [4.78, 5) is 67.6. The standard InChI is InChI=1S/C35H51N5O5S/c1-33(2,3)28(38-32(45)39-35(16-10-7-11-17-35)46-20-22-12-8-6-9-13-22)31(44)40-19-23-25(34(23,4)5)26(40)30(43)37-24(18-21-14-15-21)27(41)29(36)42/h6,8-9,12-13,21,23-26,28H,7,10-11,14-20H2,1-5H3,(H2,36,42)(H,37,43)(H2,38,39,45)/t23?,24?,25-,26-,28+/m0/s1. The molecule has 4 aliphatic rings. The van der Waals surface area contributed by atoms with Gasteiger partial charge in [-0.1, -0.05) is 97.1 Å². The van der Waals surface area contributed by atoms with Gasteiger partial charge in [0.05, 0.1) is 10.9 Å². The molecule has 1 heterocycles. The number of carbonyl (C=O) groups excluding carboxylic acids is 5. The molecule has 3 saturated carbocycles. The molecule has 5 amide bonds. The number of Topliss-reactive ketones (excluding diaryl/α,β-unsaturated/α-hetero) is 1. The van der Waals surface area contributed by atoms with Gasteiger partial charge in [0.25, 0.3) is 5.91 Å². The molecular weight excluding hydrogens is 602 g/mol. The highest BCUT2D eigenvalue weighted by molar-refractivity contribution is 7.99. The maximum atomic E-state index is 14.4. The Hall–Kier alpha value is -3.08. The highest BCUT2D eigenvalue weighted by Gasteiger charge is 2.70. The normalized spacial score (nSPS) is 25.8. The number of benzene rings is 1. The Balaban J connectivity index is 1.31. The predicted octanol–water partition coefficient (Wildman–Crippen LogP) is 4.12. The monoisotopic (exact) mass is 653 g/mol. The van der Waals surface area contributed by atoms with Crippen molar-refractivity contribution in [3.63, 3.8) is 0 Å². The number of ketones is 1. The van der Waals surface area contributed by atoms with Gasteiger partial charge in [-0.15, -0.1) is 11.8 Å². The van der Waals surface area contributed by atoms with Crippen LogP contribution in [0.1, 0.15) is 91.5 Å². The summed E-state index contributed by atoms with van der Waals surface area (Å²) < 4.78 is 0. The van der Waals surface area contributed by atoms with Gasteiger partial charge in [-0.2, -0.15) is 0 Å². The predicted molar refractivity (Wildman–Crippen MR) is 178 cm³/mol. The molecule has 5 atom stereocenters. The lowest BCUT2D eigenvalue weighted by molar-refractivity contribution is -0.145. The fourth-order valence-electron chi connectivity index (χ4n) is 7.57. The summed E-state index contributed by atoms with van der Waals surface area (Å²) in [6.07, 6.45) is 7.12. The Kier molecular flexibility index (Phi) is 9.83. The zero-order chi connectivity index (χ0) is 33.4. The van der Waals surface area contributed by atoms with Gasteiger partial charge in [0, 0.05) is 12.3 Å². The van der Waals surface area contributed by atoms with Crippen LogP contribution < -0.4 is 21.7 Å². The number of primary amides is 1. The van der Waals surface area contributed by atoms with E-state index in [2.05, 4.69) is 41.9 Å². The molecule has 5 N–H and O–H groups in total. The van der Waals surface area contributed by atoms with E-state index in [1.165, 1.54) is 5.56 Å². The van der Waals surface area contributed by atoms with Gasteiger partial charge in [-0.3, -0.25) is 19.2 Å². The van der Waals surface area contributed by atoms with Crippen LogP contribution in [0, 0.1) is 28.6 Å². The Morgan fingerprint density at radius 2 is 1.65 bits per heavy atom. The van der Waals surface area contributed by atoms with E-state index in [1.54, 1.807) is 16.7 Å². The number of nitrogens with zero attached hydrogens (tertiary/aromatic N) is 1. The van der Waals surface area contributed by atoms with Crippen LogP contribution in [-0.2, 0) is 24.9 Å². The molecule has 1 aromatic carbocycles. The third-order valence-corrected chi connectivity index (χ3v) is 12.2. The Bertz CT molecular complexity index is 1330. The van der Waals surface area contributed by atoms with Crippen molar-refractivity contribution in [2.24, 2.45) is 34.3 Å². The maximum Gasteiger partial charge on any atom is 0.316 e. The molecule has 10 nitrogen and oxygen atoms in total. The molecular formula is C35H51N5O5S. The van der Waals surface area contributed by atoms with Gasteiger partial charge in [0.2, 0.25) is 17.6 Å². The topological polar surface area (TPSA) is 151 Å². The molecule has 46 heavy (non-hydrogen) atoms. The van der Waals surface area contributed by atoms with E-state index >= 15 is 0 Å². The van der Waals surface area contributed by atoms with Crippen LogP contribution >= 0.6 is 11.8 Å². The molecule has 0 spiro atoms. The van der Waals surface area contributed by atoms with Gasteiger partial charge in [-0.05, 0) is 53.4 Å². The van der Waals surface area contributed by atoms with Crippen molar-refractivity contribution in [2.45, 2.75) is 115 Å². The number of rotatable bonds is 12. The van der Waals surface area contributed by atoms with Crippen LogP contribution in [0.25, 0.3) is 0 Å². The zero-order valence-corrected chi connectivity index (χ0v) is 28.7. The lowest BCUT2D eigenvalue weighted by atomic mass is 9.85. The number of urea groups is 1. The number of carbonyl (C=O) groups is 5. The molecule has 0 radical (unpaired) electrons. The minimum Gasteiger partial charge on any atom is -0.363 e. The molecule has 1 saturated heterocycles. The summed E-state index contributed by atoms with van der Waals surface area (Å²) in [5.41, 5.74) is 5.72. The third-order valence-electron chi connectivity index (χ3n) is 10.7. The minimum atomic E-state index is -1.07. The number of piperidine rings is 1.